The Labute approximate surface area is 153 Å². The van der Waals surface area contributed by atoms with Gasteiger partial charge in [-0.05, 0) is 56.0 Å². The Bertz CT molecular complexity index is 832. The highest BCUT2D eigenvalue weighted by Gasteiger charge is 2.29. The number of nitrogens with two attached hydrogens (primary N) is 1. The predicted octanol–water partition coefficient (Wildman–Crippen LogP) is 2.10. The molecular formula is C16H22ClFN4O2S. The molecule has 2 heterocycles. The molecule has 6 nitrogen and oxygen atoms in total. The van der Waals surface area contributed by atoms with Gasteiger partial charge in [-0.15, -0.1) is 12.4 Å². The van der Waals surface area contributed by atoms with Crippen molar-refractivity contribution >= 4 is 22.4 Å². The fraction of sp³-hybridized carbons (Fsp3) is 0.438. The van der Waals surface area contributed by atoms with Gasteiger partial charge in [0.2, 0.25) is 10.0 Å². The first-order valence-corrected chi connectivity index (χ1v) is 9.37. The van der Waals surface area contributed by atoms with Crippen LogP contribution >= 0.6 is 12.4 Å². The molecule has 0 amide bonds. The molecule has 0 spiro atoms. The van der Waals surface area contributed by atoms with E-state index in [1.165, 1.54) is 21.1 Å². The highest BCUT2D eigenvalue weighted by molar-refractivity contribution is 7.89. The Morgan fingerprint density at radius 2 is 2.00 bits per heavy atom. The van der Waals surface area contributed by atoms with Crippen LogP contribution in [0.2, 0.25) is 0 Å². The lowest BCUT2D eigenvalue weighted by atomic mass is 9.99. The summed E-state index contributed by atoms with van der Waals surface area (Å²) in [5.41, 5.74) is 6.76. The van der Waals surface area contributed by atoms with Gasteiger partial charge in [-0.1, -0.05) is 0 Å². The van der Waals surface area contributed by atoms with Crippen LogP contribution in [-0.2, 0) is 10.0 Å². The molecule has 2 aromatic rings. The van der Waals surface area contributed by atoms with Crippen LogP contribution in [0.1, 0.15) is 18.4 Å². The van der Waals surface area contributed by atoms with Gasteiger partial charge in [0.25, 0.3) is 0 Å². The number of rotatable bonds is 4. The molecule has 2 N–H and O–H groups in total. The van der Waals surface area contributed by atoms with Crippen LogP contribution in [0.5, 0.6) is 0 Å². The molecule has 1 saturated heterocycles. The lowest BCUT2D eigenvalue weighted by molar-refractivity contribution is 0.278. The average molecular weight is 389 g/mol. The average Bonchev–Trinajstić information content (AvgIpc) is 3.01. The number of hydrogen-bond acceptors (Lipinski definition) is 4. The lowest BCUT2D eigenvalue weighted by Crippen LogP contribution is -2.40. The molecule has 0 unspecified atom stereocenters. The molecule has 0 bridgehead atoms. The molecule has 1 aromatic carbocycles. The minimum Gasteiger partial charge on any atom is -0.330 e. The van der Waals surface area contributed by atoms with Crippen molar-refractivity contribution in [3.05, 3.63) is 42.0 Å². The van der Waals surface area contributed by atoms with Crippen molar-refractivity contribution < 1.29 is 12.8 Å². The molecule has 1 fully saturated rings. The SMILES string of the molecule is Cc1cnn(-c2ccc(S(=O)(=O)N3CCC(CN)CC3)cc2F)c1.Cl. The minimum atomic E-state index is -3.69. The van der Waals surface area contributed by atoms with Crippen molar-refractivity contribution in [3.8, 4) is 5.69 Å². The Morgan fingerprint density at radius 3 is 2.52 bits per heavy atom. The smallest absolute Gasteiger partial charge is 0.243 e. The van der Waals surface area contributed by atoms with Gasteiger partial charge in [0.15, 0.2) is 0 Å². The summed E-state index contributed by atoms with van der Waals surface area (Å²) in [6.07, 6.45) is 4.78. The maximum Gasteiger partial charge on any atom is 0.243 e. The van der Waals surface area contributed by atoms with E-state index in [1.54, 1.807) is 12.4 Å². The van der Waals surface area contributed by atoms with Gasteiger partial charge < -0.3 is 5.73 Å². The lowest BCUT2D eigenvalue weighted by Gasteiger charge is -2.30. The molecule has 0 radical (unpaired) electrons. The van der Waals surface area contributed by atoms with Crippen molar-refractivity contribution in [1.82, 2.24) is 14.1 Å². The second kappa shape index (κ2) is 7.82. The predicted molar refractivity (Wildman–Crippen MR) is 96.0 cm³/mol. The summed E-state index contributed by atoms with van der Waals surface area (Å²) < 4.78 is 42.6. The van der Waals surface area contributed by atoms with E-state index in [0.29, 0.717) is 25.6 Å². The minimum absolute atomic E-state index is 0. The largest absolute Gasteiger partial charge is 0.330 e. The van der Waals surface area contributed by atoms with E-state index < -0.39 is 15.8 Å². The fourth-order valence-electron chi connectivity index (χ4n) is 2.91. The molecular weight excluding hydrogens is 367 g/mol. The zero-order valence-corrected chi connectivity index (χ0v) is 15.6. The van der Waals surface area contributed by atoms with Gasteiger partial charge in [-0.2, -0.15) is 9.40 Å². The van der Waals surface area contributed by atoms with E-state index >= 15 is 0 Å². The first-order valence-electron chi connectivity index (χ1n) is 7.93. The third-order valence-electron chi connectivity index (χ3n) is 4.42. The first-order chi connectivity index (χ1) is 11.4. The van der Waals surface area contributed by atoms with Gasteiger partial charge in [-0.3, -0.25) is 0 Å². The number of hydrogen-bond donors (Lipinski definition) is 1. The number of nitrogens with zero attached hydrogens (tertiary/aromatic N) is 3. The van der Waals surface area contributed by atoms with Crippen LogP contribution < -0.4 is 5.73 Å². The van der Waals surface area contributed by atoms with E-state index in [1.807, 2.05) is 6.92 Å². The van der Waals surface area contributed by atoms with E-state index in [4.69, 9.17) is 5.73 Å². The van der Waals surface area contributed by atoms with Crippen LogP contribution in [0.3, 0.4) is 0 Å². The standard InChI is InChI=1S/C16H21FN4O2S.ClH/c1-12-10-19-21(11-12)16-3-2-14(8-15(16)17)24(22,23)20-6-4-13(9-18)5-7-20;/h2-3,8,10-11,13H,4-7,9,18H2,1H3;1H. The molecule has 0 saturated carbocycles. The van der Waals surface area contributed by atoms with Gasteiger partial charge >= 0.3 is 0 Å². The third kappa shape index (κ3) is 4.03. The van der Waals surface area contributed by atoms with E-state index in [2.05, 4.69) is 5.10 Å². The highest BCUT2D eigenvalue weighted by Crippen LogP contribution is 2.25. The molecule has 138 valence electrons. The molecule has 9 heteroatoms. The normalized spacial score (nSPS) is 16.6. The molecule has 25 heavy (non-hydrogen) atoms. The number of sulfonamides is 1. The van der Waals surface area contributed by atoms with E-state index in [0.717, 1.165) is 24.5 Å². The number of benzene rings is 1. The van der Waals surface area contributed by atoms with E-state index in [9.17, 15) is 12.8 Å². The third-order valence-corrected chi connectivity index (χ3v) is 6.32. The summed E-state index contributed by atoms with van der Waals surface area (Å²) >= 11 is 0. The van der Waals surface area contributed by atoms with Crippen LogP contribution in [0.15, 0.2) is 35.5 Å². The van der Waals surface area contributed by atoms with Crippen molar-refractivity contribution in [3.63, 3.8) is 0 Å². The zero-order valence-electron chi connectivity index (χ0n) is 13.9. The maximum atomic E-state index is 14.4. The molecule has 3 rings (SSSR count). The summed E-state index contributed by atoms with van der Waals surface area (Å²) in [7, 11) is -3.69. The molecule has 0 aliphatic carbocycles. The Balaban J connectivity index is 0.00000225. The molecule has 1 aromatic heterocycles. The Morgan fingerprint density at radius 1 is 1.32 bits per heavy atom. The summed E-state index contributed by atoms with van der Waals surface area (Å²) in [4.78, 5) is -0.0289. The summed E-state index contributed by atoms with van der Waals surface area (Å²) in [6, 6.07) is 3.94. The van der Waals surface area contributed by atoms with Crippen molar-refractivity contribution in [2.45, 2.75) is 24.7 Å². The maximum absolute atomic E-state index is 14.4. The van der Waals surface area contributed by atoms with Crippen LogP contribution in [0.25, 0.3) is 5.69 Å². The Kier molecular flexibility index (Phi) is 6.21. The van der Waals surface area contributed by atoms with E-state index in [-0.39, 0.29) is 23.0 Å². The molecule has 1 aliphatic heterocycles. The van der Waals surface area contributed by atoms with Crippen LogP contribution in [0, 0.1) is 18.7 Å². The Hall–Kier alpha value is -1.48. The van der Waals surface area contributed by atoms with Crippen LogP contribution in [0.4, 0.5) is 4.39 Å². The van der Waals surface area contributed by atoms with Crippen molar-refractivity contribution in [2.24, 2.45) is 11.7 Å². The molecule has 1 aliphatic rings. The number of aryl methyl sites for hydroxylation is 1. The fourth-order valence-corrected chi connectivity index (χ4v) is 4.39. The van der Waals surface area contributed by atoms with Gasteiger partial charge in [0.1, 0.15) is 11.5 Å². The van der Waals surface area contributed by atoms with Crippen molar-refractivity contribution in [1.29, 1.82) is 0 Å². The summed E-state index contributed by atoms with van der Waals surface area (Å²) in [6.45, 7) is 3.27. The number of piperidine rings is 1. The van der Waals surface area contributed by atoms with Gasteiger partial charge in [0, 0.05) is 19.3 Å². The highest BCUT2D eigenvalue weighted by atomic mass is 35.5. The zero-order chi connectivity index (χ0) is 17.3. The first kappa shape index (κ1) is 19.8. The van der Waals surface area contributed by atoms with Gasteiger partial charge in [-0.25, -0.2) is 17.5 Å². The number of halogens is 2. The van der Waals surface area contributed by atoms with Gasteiger partial charge in [0.05, 0.1) is 11.1 Å². The quantitative estimate of drug-likeness (QED) is 0.869. The summed E-state index contributed by atoms with van der Waals surface area (Å²) in [5, 5.41) is 4.05. The monoisotopic (exact) mass is 388 g/mol. The second-order valence-electron chi connectivity index (χ2n) is 6.16. The molecule has 0 atom stereocenters. The van der Waals surface area contributed by atoms with Crippen molar-refractivity contribution in [2.75, 3.05) is 19.6 Å². The number of aromatic nitrogens is 2. The topological polar surface area (TPSA) is 81.2 Å². The second-order valence-corrected chi connectivity index (χ2v) is 8.10. The summed E-state index contributed by atoms with van der Waals surface area (Å²) in [5.74, 6) is -0.255. The van der Waals surface area contributed by atoms with Crippen LogP contribution in [-0.4, -0.2) is 42.1 Å².